The number of rotatable bonds is 5. The fourth-order valence-corrected chi connectivity index (χ4v) is 8.17. The van der Waals surface area contributed by atoms with Crippen molar-refractivity contribution in [3.63, 3.8) is 0 Å². The molecule has 0 bridgehead atoms. The number of hydrogen-bond donors (Lipinski definition) is 11. The van der Waals surface area contributed by atoms with Gasteiger partial charge >= 0.3 is 0 Å². The molecule has 16 nitrogen and oxygen atoms in total. The Bertz CT molecular complexity index is 3720. The zero-order valence-corrected chi connectivity index (χ0v) is 32.8. The molecule has 3 heterocycles. The molecule has 0 aliphatic heterocycles. The van der Waals surface area contributed by atoms with E-state index in [1.807, 2.05) is 18.2 Å². The van der Waals surface area contributed by atoms with Crippen LogP contribution >= 0.6 is 0 Å². The smallest absolute Gasteiger partial charge is 0.204 e. The van der Waals surface area contributed by atoms with Gasteiger partial charge in [0.05, 0.1) is 10.9 Å². The number of furan rings is 2. The molecule has 0 saturated heterocycles. The van der Waals surface area contributed by atoms with E-state index in [2.05, 4.69) is 9.97 Å². The van der Waals surface area contributed by atoms with E-state index in [1.165, 1.54) is 0 Å². The van der Waals surface area contributed by atoms with Gasteiger partial charge in [0, 0.05) is 38.4 Å². The molecular formula is C45H23B4N3O13. The third kappa shape index (κ3) is 5.52. The van der Waals surface area contributed by atoms with E-state index in [1.54, 1.807) is 54.6 Å². The third-order valence-electron chi connectivity index (χ3n) is 11.3. The second-order valence-electron chi connectivity index (χ2n) is 14.8. The Kier molecular flexibility index (Phi) is 8.75. The monoisotopic (exact) mass is 857 g/mol. The van der Waals surface area contributed by atoms with Crippen LogP contribution in [0.4, 0.5) is 0 Å². The van der Waals surface area contributed by atoms with E-state index >= 15 is 0 Å². The van der Waals surface area contributed by atoms with Gasteiger partial charge in [0.2, 0.25) is 11.5 Å². The first-order chi connectivity index (χ1) is 31.0. The topological polar surface area (TPSA) is 287 Å². The van der Waals surface area contributed by atoms with E-state index in [4.69, 9.17) is 45.2 Å². The van der Waals surface area contributed by atoms with E-state index < -0.39 is 135 Å². The highest BCUT2D eigenvalue weighted by atomic mass is 16.4. The lowest BCUT2D eigenvalue weighted by Crippen LogP contribution is -2.26. The second-order valence-corrected chi connectivity index (χ2v) is 14.8. The number of benzene rings is 7. The fourth-order valence-electron chi connectivity index (χ4n) is 8.17. The van der Waals surface area contributed by atoms with Crippen molar-refractivity contribution in [3.8, 4) is 120 Å². The number of fused-ring (bicyclic) bond motifs is 6. The molecule has 10 rings (SSSR count). The Labute approximate surface area is 368 Å². The summed E-state index contributed by atoms with van der Waals surface area (Å²) in [5.74, 6) is -12.7. The van der Waals surface area contributed by atoms with Crippen LogP contribution in [-0.2, 0) is 0 Å². The van der Waals surface area contributed by atoms with Gasteiger partial charge in [-0.1, -0.05) is 66.1 Å². The Morgan fingerprint density at radius 2 is 0.877 bits per heavy atom. The zero-order valence-electron chi connectivity index (χ0n) is 32.8. The molecule has 10 aromatic rings. The van der Waals surface area contributed by atoms with Crippen LogP contribution in [0.5, 0.6) is 63.2 Å². The van der Waals surface area contributed by atoms with Crippen molar-refractivity contribution in [2.75, 3.05) is 0 Å². The molecule has 11 N–H and O–H groups in total. The van der Waals surface area contributed by atoms with Gasteiger partial charge in [-0.3, -0.25) is 0 Å². The predicted octanol–water partition coefficient (Wildman–Crippen LogP) is 3.94. The average Bonchev–Trinajstić information content (AvgIpc) is 3.90. The Morgan fingerprint density at radius 1 is 0.338 bits per heavy atom. The number of aromatic hydroxyl groups is 11. The largest absolute Gasteiger partial charge is 0.505 e. The molecule has 7 aromatic carbocycles. The SMILES string of the molecule is [B]c1c(O)c(O)c(-c2c(O)c(O)c([B])c3c2oc2c(O)c(-c4nc(-c5ccccc5)nc(-c5cccc6oc7ccccc7c56)n4)c(O)c(O)c23)c([B])c1-c1c([B])c(O)c(O)c(O)c1O. The second kappa shape index (κ2) is 14.1. The highest BCUT2D eigenvalue weighted by Crippen LogP contribution is 2.56. The summed E-state index contributed by atoms with van der Waals surface area (Å²) in [5.41, 5.74) is -5.95. The molecule has 65 heavy (non-hydrogen) atoms. The maximum absolute atomic E-state index is 12.1. The van der Waals surface area contributed by atoms with Gasteiger partial charge in [0.15, 0.2) is 74.8 Å². The summed E-state index contributed by atoms with van der Waals surface area (Å²) in [5, 5.41) is 123. The molecule has 0 amide bonds. The lowest BCUT2D eigenvalue weighted by molar-refractivity contribution is 0.348. The minimum atomic E-state index is -1.29. The Morgan fingerprint density at radius 3 is 1.62 bits per heavy atom. The van der Waals surface area contributed by atoms with Crippen molar-refractivity contribution in [1.82, 2.24) is 15.0 Å². The van der Waals surface area contributed by atoms with Crippen molar-refractivity contribution in [1.29, 1.82) is 0 Å². The summed E-state index contributed by atoms with van der Waals surface area (Å²) in [6, 6.07) is 21.2. The molecule has 8 radical (unpaired) electrons. The first-order valence-corrected chi connectivity index (χ1v) is 19.0. The van der Waals surface area contributed by atoms with Gasteiger partial charge in [-0.05, 0) is 34.1 Å². The minimum absolute atomic E-state index is 0.0576. The van der Waals surface area contributed by atoms with Gasteiger partial charge in [-0.25, -0.2) is 15.0 Å². The quantitative estimate of drug-likeness (QED) is 0.0664. The summed E-state index contributed by atoms with van der Waals surface area (Å²) in [6.07, 6.45) is 0. The van der Waals surface area contributed by atoms with Crippen molar-refractivity contribution in [3.05, 3.63) is 72.8 Å². The molecule has 0 saturated carbocycles. The number of para-hydroxylation sites is 1. The van der Waals surface area contributed by atoms with Gasteiger partial charge < -0.3 is 65.0 Å². The normalized spacial score (nSPS) is 11.7. The number of hydrogen-bond acceptors (Lipinski definition) is 16. The summed E-state index contributed by atoms with van der Waals surface area (Å²) in [7, 11) is 24.9. The van der Waals surface area contributed by atoms with Crippen molar-refractivity contribution >= 4 is 97.1 Å². The number of phenolic OH excluding ortho intramolecular Hbond substituents is 11. The lowest BCUT2D eigenvalue weighted by Gasteiger charge is -2.23. The van der Waals surface area contributed by atoms with Gasteiger partial charge in [0.25, 0.3) is 0 Å². The van der Waals surface area contributed by atoms with E-state index in [9.17, 15) is 56.2 Å². The third-order valence-corrected chi connectivity index (χ3v) is 11.3. The predicted molar refractivity (Wildman–Crippen MR) is 241 cm³/mol. The van der Waals surface area contributed by atoms with Crippen LogP contribution in [0.15, 0.2) is 81.6 Å². The summed E-state index contributed by atoms with van der Waals surface area (Å²) >= 11 is 0. The molecule has 0 atom stereocenters. The van der Waals surface area contributed by atoms with Crippen LogP contribution in [0.1, 0.15) is 0 Å². The van der Waals surface area contributed by atoms with Crippen LogP contribution in [0.2, 0.25) is 0 Å². The van der Waals surface area contributed by atoms with E-state index in [0.29, 0.717) is 27.7 Å². The van der Waals surface area contributed by atoms with Crippen LogP contribution in [-0.4, -0.2) is 103 Å². The molecule has 20 heteroatoms. The first kappa shape index (κ1) is 40.3. The fraction of sp³-hybridized carbons (Fsp3) is 0. The molecule has 0 fully saturated rings. The standard InChI is InChI=1S/C45H23B4N3O13/c46-26-19(20-28(48)38(61)40(63)39(62)31(20)54)27(47)36(59)30(53)21(26)23-33(56)37(60)29(49)22-24-32(55)34(57)25(35(58)42(24)65-41(22)23)45-51-43(13-7-2-1-3-8-13)50-44(52-45)15-10-6-12-17-18(15)14-9-4-5-11-16(14)64-17/h1-12,53-63H. The molecule has 0 unspecified atom stereocenters. The van der Waals surface area contributed by atoms with Crippen molar-refractivity contribution in [2.45, 2.75) is 0 Å². The maximum atomic E-state index is 12.1. The molecular weight excluding hydrogens is 834 g/mol. The highest BCUT2D eigenvalue weighted by Gasteiger charge is 2.35. The van der Waals surface area contributed by atoms with Crippen LogP contribution in [0.3, 0.4) is 0 Å². The van der Waals surface area contributed by atoms with Crippen molar-refractivity contribution in [2.24, 2.45) is 0 Å². The van der Waals surface area contributed by atoms with Crippen LogP contribution in [0, 0.1) is 0 Å². The van der Waals surface area contributed by atoms with E-state index in [0.717, 1.165) is 5.39 Å². The van der Waals surface area contributed by atoms with Crippen LogP contribution in [0.25, 0.3) is 100 Å². The summed E-state index contributed by atoms with van der Waals surface area (Å²) in [4.78, 5) is 14.0. The number of aromatic nitrogens is 3. The molecule has 308 valence electrons. The lowest BCUT2D eigenvalue weighted by atomic mass is 9.70. The summed E-state index contributed by atoms with van der Waals surface area (Å²) < 4.78 is 12.2. The Balaban J connectivity index is 1.28. The molecule has 3 aromatic heterocycles. The van der Waals surface area contributed by atoms with Gasteiger partial charge in [-0.2, -0.15) is 0 Å². The van der Waals surface area contributed by atoms with E-state index in [-0.39, 0.29) is 17.5 Å². The first-order valence-electron chi connectivity index (χ1n) is 19.0. The highest BCUT2D eigenvalue weighted by molar-refractivity contribution is 6.51. The molecule has 0 aliphatic rings. The summed E-state index contributed by atoms with van der Waals surface area (Å²) in [6.45, 7) is 0. The van der Waals surface area contributed by atoms with Crippen LogP contribution < -0.4 is 21.9 Å². The average molecular weight is 857 g/mol. The zero-order chi connectivity index (χ0) is 46.1. The number of phenols is 11. The molecule has 0 spiro atoms. The van der Waals surface area contributed by atoms with Gasteiger partial charge in [-0.15, -0.1) is 0 Å². The van der Waals surface area contributed by atoms with Gasteiger partial charge in [0.1, 0.15) is 53.7 Å². The molecule has 0 aliphatic carbocycles. The Hall–Kier alpha value is -8.79. The minimum Gasteiger partial charge on any atom is -0.505 e. The number of nitrogens with zero attached hydrogens (tertiary/aromatic N) is 3. The van der Waals surface area contributed by atoms with Crippen molar-refractivity contribution < 1.29 is 65.0 Å². The maximum Gasteiger partial charge on any atom is 0.204 e.